The van der Waals surface area contributed by atoms with Crippen molar-refractivity contribution in [3.8, 4) is 22.5 Å². The van der Waals surface area contributed by atoms with Crippen molar-refractivity contribution in [2.75, 3.05) is 31.5 Å². The zero-order valence-corrected chi connectivity index (χ0v) is 15.9. The molecule has 0 atom stereocenters. The number of rotatable bonds is 6. The van der Waals surface area contributed by atoms with Crippen LogP contribution < -0.4 is 5.32 Å². The van der Waals surface area contributed by atoms with E-state index >= 15 is 0 Å². The maximum absolute atomic E-state index is 6.04. The molecule has 1 aliphatic heterocycles. The Labute approximate surface area is 164 Å². The van der Waals surface area contributed by atoms with Crippen molar-refractivity contribution < 1.29 is 0 Å². The Bertz CT molecular complexity index is 877. The van der Waals surface area contributed by atoms with E-state index in [4.69, 9.17) is 16.6 Å². The minimum atomic E-state index is 0.671. The Hall–Kier alpha value is -2.50. The van der Waals surface area contributed by atoms with Crippen LogP contribution in [0.3, 0.4) is 0 Å². The summed E-state index contributed by atoms with van der Waals surface area (Å²) in [7, 11) is 0. The van der Waals surface area contributed by atoms with Crippen LogP contribution in [0.5, 0.6) is 0 Å². The number of hydrogen-bond acceptors (Lipinski definition) is 5. The van der Waals surface area contributed by atoms with Crippen molar-refractivity contribution >= 4 is 17.4 Å². The van der Waals surface area contributed by atoms with Gasteiger partial charge < -0.3 is 10.2 Å². The van der Waals surface area contributed by atoms with E-state index in [1.54, 1.807) is 12.4 Å². The van der Waals surface area contributed by atoms with Gasteiger partial charge in [-0.3, -0.25) is 4.98 Å². The molecule has 1 fully saturated rings. The summed E-state index contributed by atoms with van der Waals surface area (Å²) in [6.45, 7) is 4.25. The van der Waals surface area contributed by atoms with Crippen molar-refractivity contribution in [3.05, 3.63) is 60.0 Å². The number of hydrogen-bond donors (Lipinski definition) is 1. The van der Waals surface area contributed by atoms with E-state index in [-0.39, 0.29) is 0 Å². The van der Waals surface area contributed by atoms with E-state index < -0.39 is 0 Å². The molecule has 4 rings (SSSR count). The molecule has 138 valence electrons. The summed E-state index contributed by atoms with van der Waals surface area (Å²) in [5, 5.41) is 4.24. The molecule has 0 radical (unpaired) electrons. The Kier molecular flexibility index (Phi) is 5.61. The van der Waals surface area contributed by atoms with Gasteiger partial charge in [0.05, 0.1) is 0 Å². The molecule has 0 bridgehead atoms. The van der Waals surface area contributed by atoms with Crippen LogP contribution in [0.15, 0.2) is 55.0 Å². The molecule has 3 aromatic rings. The standard InChI is InChI=1S/C21H22ClN5/c22-18-7-5-16(6-8-18)19-15-25-20(17-4-3-9-23-14-17)26-21(19)24-10-13-27-11-1-2-12-27/h3-9,14-15H,1-2,10-13H2,(H,24,25,26). The van der Waals surface area contributed by atoms with Crippen molar-refractivity contribution in [2.45, 2.75) is 12.8 Å². The van der Waals surface area contributed by atoms with Crippen LogP contribution in [0, 0.1) is 0 Å². The lowest BCUT2D eigenvalue weighted by Gasteiger charge is -2.17. The lowest BCUT2D eigenvalue weighted by molar-refractivity contribution is 0.352. The molecule has 0 saturated carbocycles. The predicted molar refractivity (Wildman–Crippen MR) is 110 cm³/mol. The van der Waals surface area contributed by atoms with Gasteiger partial charge in [-0.05, 0) is 55.8 Å². The van der Waals surface area contributed by atoms with Gasteiger partial charge in [0, 0.05) is 47.8 Å². The van der Waals surface area contributed by atoms with E-state index in [9.17, 15) is 0 Å². The first-order valence-electron chi connectivity index (χ1n) is 9.29. The molecule has 0 amide bonds. The Morgan fingerprint density at radius 1 is 1.00 bits per heavy atom. The molecule has 0 unspecified atom stereocenters. The third kappa shape index (κ3) is 4.43. The minimum absolute atomic E-state index is 0.671. The lowest BCUT2D eigenvalue weighted by atomic mass is 10.1. The molecule has 1 aliphatic rings. The molecule has 3 heterocycles. The summed E-state index contributed by atoms with van der Waals surface area (Å²) in [6.07, 6.45) is 8.01. The van der Waals surface area contributed by atoms with Crippen LogP contribution in [0.4, 0.5) is 5.82 Å². The van der Waals surface area contributed by atoms with E-state index in [1.165, 1.54) is 25.9 Å². The molecular weight excluding hydrogens is 358 g/mol. The molecule has 1 aromatic carbocycles. The Morgan fingerprint density at radius 2 is 1.81 bits per heavy atom. The average molecular weight is 380 g/mol. The van der Waals surface area contributed by atoms with Crippen molar-refractivity contribution in [2.24, 2.45) is 0 Å². The second-order valence-electron chi connectivity index (χ2n) is 6.68. The summed E-state index contributed by atoms with van der Waals surface area (Å²) in [4.78, 5) is 16.0. The number of aromatic nitrogens is 3. The van der Waals surface area contributed by atoms with E-state index in [2.05, 4.69) is 20.2 Å². The third-order valence-electron chi connectivity index (χ3n) is 4.78. The van der Waals surface area contributed by atoms with E-state index in [0.29, 0.717) is 5.82 Å². The quantitative estimate of drug-likeness (QED) is 0.689. The van der Waals surface area contributed by atoms with Crippen LogP contribution in [0.2, 0.25) is 5.02 Å². The SMILES string of the molecule is Clc1ccc(-c2cnc(-c3cccnc3)nc2NCCN2CCCC2)cc1. The predicted octanol–water partition coefficient (Wildman–Crippen LogP) is 4.37. The maximum atomic E-state index is 6.04. The average Bonchev–Trinajstić information content (AvgIpc) is 3.23. The lowest BCUT2D eigenvalue weighted by Crippen LogP contribution is -2.26. The van der Waals surface area contributed by atoms with Gasteiger partial charge in [0.1, 0.15) is 5.82 Å². The fourth-order valence-electron chi connectivity index (χ4n) is 3.33. The van der Waals surface area contributed by atoms with Gasteiger partial charge in [0.2, 0.25) is 0 Å². The van der Waals surface area contributed by atoms with E-state index in [1.807, 2.05) is 42.6 Å². The van der Waals surface area contributed by atoms with Crippen molar-refractivity contribution in [1.29, 1.82) is 0 Å². The second kappa shape index (κ2) is 8.46. The van der Waals surface area contributed by atoms with Gasteiger partial charge in [-0.2, -0.15) is 0 Å². The second-order valence-corrected chi connectivity index (χ2v) is 7.12. The van der Waals surface area contributed by atoms with Gasteiger partial charge in [0.15, 0.2) is 5.82 Å². The van der Waals surface area contributed by atoms with Crippen LogP contribution in [-0.2, 0) is 0 Å². The zero-order valence-electron chi connectivity index (χ0n) is 15.1. The fraction of sp³-hybridized carbons (Fsp3) is 0.286. The molecular formula is C21H22ClN5. The molecule has 1 N–H and O–H groups in total. The van der Waals surface area contributed by atoms with Crippen LogP contribution in [0.25, 0.3) is 22.5 Å². The number of likely N-dealkylation sites (tertiary alicyclic amines) is 1. The molecule has 1 saturated heterocycles. The summed E-state index contributed by atoms with van der Waals surface area (Å²) >= 11 is 6.04. The minimum Gasteiger partial charge on any atom is -0.368 e. The zero-order chi connectivity index (χ0) is 18.5. The number of halogens is 1. The third-order valence-corrected chi connectivity index (χ3v) is 5.03. The van der Waals surface area contributed by atoms with Gasteiger partial charge in [0.25, 0.3) is 0 Å². The molecule has 6 heteroatoms. The number of anilines is 1. The van der Waals surface area contributed by atoms with Crippen LogP contribution >= 0.6 is 11.6 Å². The number of nitrogens with one attached hydrogen (secondary N) is 1. The first kappa shape index (κ1) is 17.9. The molecule has 5 nitrogen and oxygen atoms in total. The van der Waals surface area contributed by atoms with Crippen molar-refractivity contribution in [3.63, 3.8) is 0 Å². The maximum Gasteiger partial charge on any atom is 0.163 e. The highest BCUT2D eigenvalue weighted by Crippen LogP contribution is 2.29. The highest BCUT2D eigenvalue weighted by molar-refractivity contribution is 6.30. The van der Waals surface area contributed by atoms with Gasteiger partial charge >= 0.3 is 0 Å². The summed E-state index contributed by atoms with van der Waals surface area (Å²) in [5.41, 5.74) is 2.92. The fourth-order valence-corrected chi connectivity index (χ4v) is 3.46. The molecule has 27 heavy (non-hydrogen) atoms. The first-order valence-corrected chi connectivity index (χ1v) is 9.67. The van der Waals surface area contributed by atoms with Gasteiger partial charge in [-0.15, -0.1) is 0 Å². The van der Waals surface area contributed by atoms with Gasteiger partial charge in [-0.1, -0.05) is 23.7 Å². The monoisotopic (exact) mass is 379 g/mol. The Balaban J connectivity index is 1.61. The van der Waals surface area contributed by atoms with Crippen LogP contribution in [0.1, 0.15) is 12.8 Å². The topological polar surface area (TPSA) is 53.9 Å². The van der Waals surface area contributed by atoms with Crippen molar-refractivity contribution in [1.82, 2.24) is 19.9 Å². The summed E-state index contributed by atoms with van der Waals surface area (Å²) in [5.74, 6) is 1.51. The van der Waals surface area contributed by atoms with Crippen LogP contribution in [-0.4, -0.2) is 46.0 Å². The number of nitrogens with zero attached hydrogens (tertiary/aromatic N) is 4. The molecule has 0 spiro atoms. The summed E-state index contributed by atoms with van der Waals surface area (Å²) < 4.78 is 0. The molecule has 2 aromatic heterocycles. The normalized spacial score (nSPS) is 14.4. The number of pyridine rings is 1. The largest absolute Gasteiger partial charge is 0.368 e. The number of benzene rings is 1. The van der Waals surface area contributed by atoms with Gasteiger partial charge in [-0.25, -0.2) is 9.97 Å². The summed E-state index contributed by atoms with van der Waals surface area (Å²) in [6, 6.07) is 11.6. The highest BCUT2D eigenvalue weighted by Gasteiger charge is 2.13. The highest BCUT2D eigenvalue weighted by atomic mass is 35.5. The van der Waals surface area contributed by atoms with E-state index in [0.717, 1.165) is 40.6 Å². The first-order chi connectivity index (χ1) is 13.3. The Morgan fingerprint density at radius 3 is 2.56 bits per heavy atom. The molecule has 0 aliphatic carbocycles. The smallest absolute Gasteiger partial charge is 0.163 e.